The highest BCUT2D eigenvalue weighted by Gasteiger charge is 2.51. The number of benzene rings is 1. The van der Waals surface area contributed by atoms with E-state index in [1.165, 1.54) is 6.92 Å². The van der Waals surface area contributed by atoms with E-state index in [-0.39, 0.29) is 17.5 Å². The van der Waals surface area contributed by atoms with Crippen LogP contribution in [0.3, 0.4) is 0 Å². The maximum atomic E-state index is 14.1. The molecule has 26 heavy (non-hydrogen) atoms. The molecule has 0 spiro atoms. The van der Waals surface area contributed by atoms with Gasteiger partial charge in [-0.15, -0.1) is 0 Å². The number of carbonyl (C=O) groups excluding carboxylic acids is 3. The number of hydrogen-bond donors (Lipinski definition) is 1. The van der Waals surface area contributed by atoms with E-state index < -0.39 is 35.7 Å². The average Bonchev–Trinajstić information content (AvgIpc) is 2.81. The monoisotopic (exact) mass is 365 g/mol. The number of likely N-dealkylation sites (tertiary alicyclic amines) is 1. The molecule has 4 amide bonds. The summed E-state index contributed by atoms with van der Waals surface area (Å²) in [6.07, 6.45) is 2.78. The van der Waals surface area contributed by atoms with Crippen LogP contribution in [0.25, 0.3) is 0 Å². The summed E-state index contributed by atoms with van der Waals surface area (Å²) < 4.78 is 27.7. The van der Waals surface area contributed by atoms with E-state index >= 15 is 0 Å². The molecule has 3 rings (SSSR count). The molecule has 0 aromatic heterocycles. The first kappa shape index (κ1) is 18.3. The summed E-state index contributed by atoms with van der Waals surface area (Å²) in [5.41, 5.74) is -2.02. The van der Waals surface area contributed by atoms with E-state index in [2.05, 4.69) is 5.32 Å². The van der Waals surface area contributed by atoms with Gasteiger partial charge in [0, 0.05) is 18.2 Å². The molecule has 0 saturated carbocycles. The van der Waals surface area contributed by atoms with E-state index in [0.717, 1.165) is 42.4 Å². The number of hydrogen-bond acceptors (Lipinski definition) is 3. The Hall–Kier alpha value is -2.51. The highest BCUT2D eigenvalue weighted by atomic mass is 19.1. The minimum atomic E-state index is -1.75. The maximum Gasteiger partial charge on any atom is 0.325 e. The van der Waals surface area contributed by atoms with Gasteiger partial charge >= 0.3 is 6.03 Å². The molecule has 8 heteroatoms. The van der Waals surface area contributed by atoms with Gasteiger partial charge in [-0.05, 0) is 51.3 Å². The Labute approximate surface area is 150 Å². The van der Waals surface area contributed by atoms with Crippen molar-refractivity contribution in [1.82, 2.24) is 15.1 Å². The number of halogens is 2. The molecule has 2 unspecified atom stereocenters. The van der Waals surface area contributed by atoms with Crippen LogP contribution in [0.1, 0.15) is 38.7 Å². The summed E-state index contributed by atoms with van der Waals surface area (Å²) >= 11 is 0. The molecular formula is C18H21F2N3O3. The number of carbonyl (C=O) groups is 3. The third-order valence-corrected chi connectivity index (χ3v) is 5.16. The Morgan fingerprint density at radius 3 is 2.73 bits per heavy atom. The molecule has 0 aliphatic carbocycles. The van der Waals surface area contributed by atoms with E-state index in [1.807, 2.05) is 6.92 Å². The van der Waals surface area contributed by atoms with Gasteiger partial charge in [-0.3, -0.25) is 14.5 Å². The van der Waals surface area contributed by atoms with Crippen molar-refractivity contribution in [3.05, 3.63) is 35.4 Å². The van der Waals surface area contributed by atoms with Crippen molar-refractivity contribution in [3.8, 4) is 0 Å². The zero-order chi connectivity index (χ0) is 19.1. The number of piperidine rings is 1. The first-order valence-corrected chi connectivity index (χ1v) is 8.63. The Balaban J connectivity index is 1.82. The lowest BCUT2D eigenvalue weighted by Gasteiger charge is -2.34. The zero-order valence-corrected chi connectivity index (χ0v) is 14.7. The fourth-order valence-electron chi connectivity index (χ4n) is 3.60. The Morgan fingerprint density at radius 1 is 1.31 bits per heavy atom. The quantitative estimate of drug-likeness (QED) is 0.835. The number of urea groups is 1. The standard InChI is InChI=1S/C18H21F2N3O3/c1-11-5-3-4-8-22(11)15(24)10-23-16(25)18(2,21-17(23)26)13-9-12(19)6-7-14(13)20/h6-7,9,11H,3-5,8,10H2,1-2H3,(H,21,26). The fraction of sp³-hybridized carbons (Fsp3) is 0.500. The Kier molecular flexibility index (Phi) is 4.68. The molecule has 6 nitrogen and oxygen atoms in total. The smallest absolute Gasteiger partial charge is 0.325 e. The zero-order valence-electron chi connectivity index (χ0n) is 14.7. The predicted octanol–water partition coefficient (Wildman–Crippen LogP) is 2.13. The highest BCUT2D eigenvalue weighted by molar-refractivity contribution is 6.09. The van der Waals surface area contributed by atoms with E-state index in [1.54, 1.807) is 4.90 Å². The van der Waals surface area contributed by atoms with Crippen molar-refractivity contribution in [2.45, 2.75) is 44.7 Å². The van der Waals surface area contributed by atoms with Gasteiger partial charge in [-0.2, -0.15) is 0 Å². The predicted molar refractivity (Wildman–Crippen MR) is 89.0 cm³/mol. The van der Waals surface area contributed by atoms with Crippen molar-refractivity contribution in [2.75, 3.05) is 13.1 Å². The molecule has 1 aromatic rings. The van der Waals surface area contributed by atoms with Crippen LogP contribution in [0.2, 0.25) is 0 Å². The van der Waals surface area contributed by atoms with Crippen molar-refractivity contribution in [1.29, 1.82) is 0 Å². The van der Waals surface area contributed by atoms with Crippen molar-refractivity contribution in [2.24, 2.45) is 0 Å². The third kappa shape index (κ3) is 3.04. The van der Waals surface area contributed by atoms with Gasteiger partial charge in [0.1, 0.15) is 23.7 Å². The van der Waals surface area contributed by atoms with Gasteiger partial charge in [0.25, 0.3) is 5.91 Å². The van der Waals surface area contributed by atoms with E-state index in [4.69, 9.17) is 0 Å². The van der Waals surface area contributed by atoms with Gasteiger partial charge in [0.2, 0.25) is 5.91 Å². The summed E-state index contributed by atoms with van der Waals surface area (Å²) in [6.45, 7) is 3.40. The molecule has 2 aliphatic rings. The first-order valence-electron chi connectivity index (χ1n) is 8.63. The summed E-state index contributed by atoms with van der Waals surface area (Å²) in [4.78, 5) is 40.0. The normalized spacial score (nSPS) is 26.2. The largest absolute Gasteiger partial charge is 0.338 e. The second-order valence-electron chi connectivity index (χ2n) is 7.00. The van der Waals surface area contributed by atoms with Gasteiger partial charge in [0.15, 0.2) is 0 Å². The molecule has 2 heterocycles. The van der Waals surface area contributed by atoms with E-state index in [9.17, 15) is 23.2 Å². The summed E-state index contributed by atoms with van der Waals surface area (Å²) in [7, 11) is 0. The lowest BCUT2D eigenvalue weighted by atomic mass is 9.91. The Bertz CT molecular complexity index is 770. The van der Waals surface area contributed by atoms with Crippen LogP contribution in [0.4, 0.5) is 13.6 Å². The molecule has 0 radical (unpaired) electrons. The fourth-order valence-corrected chi connectivity index (χ4v) is 3.60. The lowest BCUT2D eigenvalue weighted by Crippen LogP contribution is -2.48. The molecule has 1 aromatic carbocycles. The van der Waals surface area contributed by atoms with Crippen LogP contribution in [0.15, 0.2) is 18.2 Å². The maximum absolute atomic E-state index is 14.1. The van der Waals surface area contributed by atoms with Crippen molar-refractivity contribution < 1.29 is 23.2 Å². The second kappa shape index (κ2) is 6.66. The van der Waals surface area contributed by atoms with Gasteiger partial charge in [-0.1, -0.05) is 0 Å². The highest BCUT2D eigenvalue weighted by Crippen LogP contribution is 2.31. The second-order valence-corrected chi connectivity index (χ2v) is 7.00. The number of imide groups is 1. The molecule has 2 atom stereocenters. The molecule has 2 aliphatic heterocycles. The number of nitrogens with zero attached hydrogens (tertiary/aromatic N) is 2. The van der Waals surface area contributed by atoms with Crippen LogP contribution < -0.4 is 5.32 Å². The van der Waals surface area contributed by atoms with Gasteiger partial charge in [-0.25, -0.2) is 13.6 Å². The van der Waals surface area contributed by atoms with Crippen LogP contribution in [0.5, 0.6) is 0 Å². The molecule has 0 bridgehead atoms. The van der Waals surface area contributed by atoms with Crippen LogP contribution in [0, 0.1) is 11.6 Å². The van der Waals surface area contributed by atoms with Crippen LogP contribution >= 0.6 is 0 Å². The molecular weight excluding hydrogens is 344 g/mol. The van der Waals surface area contributed by atoms with E-state index in [0.29, 0.717) is 6.54 Å². The molecule has 140 valence electrons. The summed E-state index contributed by atoms with van der Waals surface area (Å²) in [5, 5.41) is 2.39. The first-order chi connectivity index (χ1) is 12.2. The number of amides is 4. The van der Waals surface area contributed by atoms with Gasteiger partial charge in [0.05, 0.1) is 0 Å². The van der Waals surface area contributed by atoms with Crippen molar-refractivity contribution in [3.63, 3.8) is 0 Å². The summed E-state index contributed by atoms with van der Waals surface area (Å²) in [5.74, 6) is -2.63. The SMILES string of the molecule is CC1CCCCN1C(=O)CN1C(=O)NC(C)(c2cc(F)ccc2F)C1=O. The lowest BCUT2D eigenvalue weighted by molar-refractivity contribution is -0.140. The van der Waals surface area contributed by atoms with Crippen molar-refractivity contribution >= 4 is 17.8 Å². The minimum Gasteiger partial charge on any atom is -0.338 e. The van der Waals surface area contributed by atoms with Crippen LogP contribution in [-0.2, 0) is 15.1 Å². The average molecular weight is 365 g/mol. The number of rotatable bonds is 3. The number of nitrogens with one attached hydrogen (secondary N) is 1. The molecule has 1 N–H and O–H groups in total. The summed E-state index contributed by atoms with van der Waals surface area (Å²) in [6, 6.07) is 1.97. The van der Waals surface area contributed by atoms with Gasteiger partial charge < -0.3 is 10.2 Å². The topological polar surface area (TPSA) is 69.7 Å². The minimum absolute atomic E-state index is 0.0454. The molecule has 2 fully saturated rings. The Morgan fingerprint density at radius 2 is 2.04 bits per heavy atom. The third-order valence-electron chi connectivity index (χ3n) is 5.16. The molecule has 2 saturated heterocycles. The van der Waals surface area contributed by atoms with Crippen LogP contribution in [-0.4, -0.2) is 46.8 Å².